The van der Waals surface area contributed by atoms with Crippen molar-refractivity contribution in [1.82, 2.24) is 9.88 Å². The van der Waals surface area contributed by atoms with Crippen LogP contribution in [0.3, 0.4) is 0 Å². The van der Waals surface area contributed by atoms with Gasteiger partial charge in [0.05, 0.1) is 6.10 Å². The number of carbonyl (C=O) groups is 3. The lowest BCUT2D eigenvalue weighted by Crippen LogP contribution is -2.42. The highest BCUT2D eigenvalue weighted by molar-refractivity contribution is 5.97. The standard InChI is InChI=1S/C19H19N3O6/c1-10(23)22-9-13(24)8-16(22)18(26)20-12-4-2-11(3-5-12)15-7-6-14(19(27)28)17(25)21-15/h2-7,13,16,24H,8-9H2,1H3,(H,20,26)(H,21,25)(H,27,28)/t13?,16-/m0/s1. The summed E-state index contributed by atoms with van der Waals surface area (Å²) in [5, 5.41) is 21.3. The van der Waals surface area contributed by atoms with Crippen LogP contribution >= 0.6 is 0 Å². The Labute approximate surface area is 159 Å². The zero-order chi connectivity index (χ0) is 20.4. The highest BCUT2D eigenvalue weighted by Crippen LogP contribution is 2.22. The number of nitrogens with one attached hydrogen (secondary N) is 2. The van der Waals surface area contributed by atoms with Crippen LogP contribution in [0.2, 0.25) is 0 Å². The van der Waals surface area contributed by atoms with Crippen molar-refractivity contribution in [3.63, 3.8) is 0 Å². The molecule has 0 saturated carbocycles. The number of aliphatic hydroxyl groups excluding tert-OH is 1. The van der Waals surface area contributed by atoms with E-state index in [9.17, 15) is 24.3 Å². The van der Waals surface area contributed by atoms with Crippen LogP contribution in [0.1, 0.15) is 23.7 Å². The first-order valence-corrected chi connectivity index (χ1v) is 8.59. The normalized spacial score (nSPS) is 18.7. The summed E-state index contributed by atoms with van der Waals surface area (Å²) >= 11 is 0. The van der Waals surface area contributed by atoms with E-state index < -0.39 is 29.6 Å². The number of aromatic amines is 1. The van der Waals surface area contributed by atoms with Crippen molar-refractivity contribution in [2.24, 2.45) is 0 Å². The van der Waals surface area contributed by atoms with Gasteiger partial charge in [0.15, 0.2) is 0 Å². The number of carboxylic acids is 1. The fraction of sp³-hybridized carbons (Fsp3) is 0.263. The summed E-state index contributed by atoms with van der Waals surface area (Å²) in [6.45, 7) is 1.48. The first kappa shape index (κ1) is 19.3. The van der Waals surface area contributed by atoms with Gasteiger partial charge in [-0.2, -0.15) is 0 Å². The van der Waals surface area contributed by atoms with Crippen molar-refractivity contribution in [2.75, 3.05) is 11.9 Å². The lowest BCUT2D eigenvalue weighted by Gasteiger charge is -2.22. The highest BCUT2D eigenvalue weighted by atomic mass is 16.4. The summed E-state index contributed by atoms with van der Waals surface area (Å²) in [6.07, 6.45) is -0.548. The van der Waals surface area contributed by atoms with Crippen LogP contribution in [0.4, 0.5) is 5.69 Å². The van der Waals surface area contributed by atoms with Crippen molar-refractivity contribution < 1.29 is 24.6 Å². The predicted molar refractivity (Wildman–Crippen MR) is 99.9 cm³/mol. The van der Waals surface area contributed by atoms with Gasteiger partial charge in [0.2, 0.25) is 11.8 Å². The van der Waals surface area contributed by atoms with Gasteiger partial charge in [0, 0.05) is 31.3 Å². The van der Waals surface area contributed by atoms with E-state index >= 15 is 0 Å². The van der Waals surface area contributed by atoms with Crippen molar-refractivity contribution in [2.45, 2.75) is 25.5 Å². The Morgan fingerprint density at radius 2 is 1.82 bits per heavy atom. The van der Waals surface area contributed by atoms with Crippen LogP contribution in [0, 0.1) is 0 Å². The molecule has 1 aliphatic heterocycles. The minimum absolute atomic E-state index is 0.131. The molecule has 2 atom stereocenters. The van der Waals surface area contributed by atoms with Crippen molar-refractivity contribution >= 4 is 23.5 Å². The molecule has 146 valence electrons. The number of aliphatic hydroxyl groups is 1. The molecule has 28 heavy (non-hydrogen) atoms. The molecule has 0 spiro atoms. The Balaban J connectivity index is 1.73. The van der Waals surface area contributed by atoms with Gasteiger partial charge < -0.3 is 25.4 Å². The number of β-amino-alcohol motifs (C(OH)–C–C–N with tert-alkyl or cyclic N) is 1. The lowest BCUT2D eigenvalue weighted by molar-refractivity contribution is -0.134. The van der Waals surface area contributed by atoms with Crippen LogP contribution in [0.25, 0.3) is 11.3 Å². The molecule has 2 amide bonds. The summed E-state index contributed by atoms with van der Waals surface area (Å²) in [4.78, 5) is 50.6. The topological polar surface area (TPSA) is 140 Å². The van der Waals surface area contributed by atoms with Crippen molar-refractivity contribution in [3.8, 4) is 11.3 Å². The van der Waals surface area contributed by atoms with Gasteiger partial charge in [-0.3, -0.25) is 14.4 Å². The van der Waals surface area contributed by atoms with Gasteiger partial charge >= 0.3 is 5.97 Å². The van der Waals surface area contributed by atoms with Crippen LogP contribution < -0.4 is 10.9 Å². The Bertz CT molecular complexity index is 982. The second kappa shape index (κ2) is 7.65. The Morgan fingerprint density at radius 3 is 2.39 bits per heavy atom. The molecule has 1 fully saturated rings. The molecule has 1 unspecified atom stereocenters. The second-order valence-electron chi connectivity index (χ2n) is 6.56. The summed E-state index contributed by atoms with van der Waals surface area (Å²) in [5.74, 6) is -1.97. The number of aromatic nitrogens is 1. The summed E-state index contributed by atoms with van der Waals surface area (Å²) in [6, 6.07) is 8.56. The number of amides is 2. The number of rotatable bonds is 4. The van der Waals surface area contributed by atoms with E-state index in [2.05, 4.69) is 10.3 Å². The number of hydrogen-bond acceptors (Lipinski definition) is 5. The smallest absolute Gasteiger partial charge is 0.341 e. The number of aromatic carboxylic acids is 1. The SMILES string of the molecule is CC(=O)N1CC(O)C[C@H]1C(=O)Nc1ccc(-c2ccc(C(=O)O)c(=O)[nH]2)cc1. The third kappa shape index (κ3) is 3.94. The second-order valence-corrected chi connectivity index (χ2v) is 6.56. The molecule has 9 heteroatoms. The quantitative estimate of drug-likeness (QED) is 0.610. The zero-order valence-electron chi connectivity index (χ0n) is 15.0. The molecular weight excluding hydrogens is 366 g/mol. The Hall–Kier alpha value is -3.46. The molecular formula is C19H19N3O6. The van der Waals surface area contributed by atoms with Gasteiger partial charge in [0.1, 0.15) is 11.6 Å². The van der Waals surface area contributed by atoms with Gasteiger partial charge in [-0.1, -0.05) is 12.1 Å². The number of pyridine rings is 1. The minimum atomic E-state index is -1.30. The summed E-state index contributed by atoms with van der Waals surface area (Å²) in [7, 11) is 0. The van der Waals surface area contributed by atoms with Crippen LogP contribution in [-0.2, 0) is 9.59 Å². The third-order valence-electron chi connectivity index (χ3n) is 4.59. The van der Waals surface area contributed by atoms with E-state index in [-0.39, 0.29) is 24.4 Å². The molecule has 0 aliphatic carbocycles. The number of benzene rings is 1. The lowest BCUT2D eigenvalue weighted by atomic mass is 10.1. The first-order chi connectivity index (χ1) is 13.3. The average molecular weight is 385 g/mol. The predicted octanol–water partition coefficient (Wildman–Crippen LogP) is 0.660. The number of H-pyrrole nitrogens is 1. The molecule has 2 heterocycles. The van der Waals surface area contributed by atoms with E-state index in [1.165, 1.54) is 24.0 Å². The van der Waals surface area contributed by atoms with Crippen LogP contribution in [-0.4, -0.2) is 56.6 Å². The van der Waals surface area contributed by atoms with Crippen molar-refractivity contribution in [3.05, 3.63) is 52.3 Å². The monoisotopic (exact) mass is 385 g/mol. The molecule has 9 nitrogen and oxygen atoms in total. The van der Waals surface area contributed by atoms with E-state index in [4.69, 9.17) is 5.11 Å². The minimum Gasteiger partial charge on any atom is -0.477 e. The Morgan fingerprint density at radius 1 is 1.14 bits per heavy atom. The van der Waals surface area contributed by atoms with Crippen LogP contribution in [0.5, 0.6) is 0 Å². The van der Waals surface area contributed by atoms with Crippen molar-refractivity contribution in [1.29, 1.82) is 0 Å². The number of anilines is 1. The first-order valence-electron chi connectivity index (χ1n) is 8.59. The van der Waals surface area contributed by atoms with Gasteiger partial charge in [-0.25, -0.2) is 4.79 Å². The fourth-order valence-electron chi connectivity index (χ4n) is 3.18. The van der Waals surface area contributed by atoms with E-state index in [1.54, 1.807) is 24.3 Å². The molecule has 0 bridgehead atoms. The van der Waals surface area contributed by atoms with E-state index in [1.807, 2.05) is 0 Å². The molecule has 0 radical (unpaired) electrons. The molecule has 1 aromatic carbocycles. The maximum atomic E-state index is 12.5. The number of nitrogens with zero attached hydrogens (tertiary/aromatic N) is 1. The molecule has 3 rings (SSSR count). The molecule has 1 aromatic heterocycles. The fourth-order valence-corrected chi connectivity index (χ4v) is 3.18. The van der Waals surface area contributed by atoms with Gasteiger partial charge in [-0.15, -0.1) is 0 Å². The van der Waals surface area contributed by atoms with Gasteiger partial charge in [0.25, 0.3) is 5.56 Å². The maximum Gasteiger partial charge on any atom is 0.341 e. The molecule has 1 saturated heterocycles. The third-order valence-corrected chi connectivity index (χ3v) is 4.59. The number of likely N-dealkylation sites (tertiary alicyclic amines) is 1. The summed E-state index contributed by atoms with van der Waals surface area (Å²) < 4.78 is 0. The molecule has 4 N–H and O–H groups in total. The number of hydrogen-bond donors (Lipinski definition) is 4. The number of carbonyl (C=O) groups excluding carboxylic acids is 2. The highest BCUT2D eigenvalue weighted by Gasteiger charge is 2.37. The van der Waals surface area contributed by atoms with E-state index in [0.717, 1.165) is 0 Å². The van der Waals surface area contributed by atoms with Crippen LogP contribution in [0.15, 0.2) is 41.2 Å². The van der Waals surface area contributed by atoms with E-state index in [0.29, 0.717) is 16.9 Å². The summed E-state index contributed by atoms with van der Waals surface area (Å²) in [5.41, 5.74) is 0.513. The maximum absolute atomic E-state index is 12.5. The number of carboxylic acid groups (broad SMARTS) is 1. The van der Waals surface area contributed by atoms with Gasteiger partial charge in [-0.05, 0) is 29.8 Å². The zero-order valence-corrected chi connectivity index (χ0v) is 15.0. The largest absolute Gasteiger partial charge is 0.477 e. The average Bonchev–Trinajstić information content (AvgIpc) is 3.04. The molecule has 2 aromatic rings. The molecule has 1 aliphatic rings. The Kier molecular flexibility index (Phi) is 5.27.